The lowest BCUT2D eigenvalue weighted by Gasteiger charge is -2.17. The van der Waals surface area contributed by atoms with Crippen molar-refractivity contribution in [2.75, 3.05) is 13.7 Å². The second-order valence-electron chi connectivity index (χ2n) is 3.48. The summed E-state index contributed by atoms with van der Waals surface area (Å²) in [5, 5.41) is 14.0. The summed E-state index contributed by atoms with van der Waals surface area (Å²) in [6, 6.07) is 3.37. The molecule has 1 aromatic carbocycles. The molecule has 0 amide bonds. The first-order chi connectivity index (χ1) is 7.22. The first-order valence-corrected chi connectivity index (χ1v) is 4.77. The third-order valence-corrected chi connectivity index (χ3v) is 2.58. The maximum atomic E-state index is 10.8. The Labute approximate surface area is 87.2 Å². The van der Waals surface area contributed by atoms with Gasteiger partial charge in [-0.2, -0.15) is 0 Å². The predicted octanol–water partition coefficient (Wildman–Crippen LogP) is 1.25. The molecule has 1 aliphatic rings. The van der Waals surface area contributed by atoms with Crippen LogP contribution in [0.5, 0.6) is 5.75 Å². The van der Waals surface area contributed by atoms with E-state index in [0.717, 1.165) is 30.6 Å². The molecule has 0 bridgehead atoms. The zero-order chi connectivity index (χ0) is 10.8. The number of nitro benzene ring substituents is 1. The first-order valence-electron chi connectivity index (χ1n) is 4.77. The molecule has 0 spiro atoms. The van der Waals surface area contributed by atoms with Gasteiger partial charge in [-0.15, -0.1) is 0 Å². The van der Waals surface area contributed by atoms with Crippen LogP contribution in [0.4, 0.5) is 5.69 Å². The van der Waals surface area contributed by atoms with Crippen molar-refractivity contribution >= 4 is 5.69 Å². The SMILES string of the molecule is COc1cc2c(cc1[N+](=O)[O-])CCNC2. The maximum Gasteiger partial charge on any atom is 0.311 e. The highest BCUT2D eigenvalue weighted by Crippen LogP contribution is 2.31. The summed E-state index contributed by atoms with van der Waals surface area (Å²) >= 11 is 0. The van der Waals surface area contributed by atoms with Crippen molar-refractivity contribution in [2.45, 2.75) is 13.0 Å². The largest absolute Gasteiger partial charge is 0.490 e. The molecule has 80 valence electrons. The minimum Gasteiger partial charge on any atom is -0.490 e. The van der Waals surface area contributed by atoms with Gasteiger partial charge in [0.15, 0.2) is 5.75 Å². The molecule has 1 heterocycles. The van der Waals surface area contributed by atoms with Crippen LogP contribution in [-0.4, -0.2) is 18.6 Å². The molecule has 5 nitrogen and oxygen atoms in total. The third kappa shape index (κ3) is 1.78. The molecule has 0 fully saturated rings. The normalized spacial score (nSPS) is 14.5. The van der Waals surface area contributed by atoms with Gasteiger partial charge in [0.25, 0.3) is 0 Å². The van der Waals surface area contributed by atoms with Crippen LogP contribution in [0.3, 0.4) is 0 Å². The van der Waals surface area contributed by atoms with Crippen LogP contribution in [0.25, 0.3) is 0 Å². The highest BCUT2D eigenvalue weighted by atomic mass is 16.6. The summed E-state index contributed by atoms with van der Waals surface area (Å²) in [5.41, 5.74) is 2.18. The van der Waals surface area contributed by atoms with Crippen LogP contribution in [-0.2, 0) is 13.0 Å². The number of hydrogen-bond donors (Lipinski definition) is 1. The molecule has 0 aliphatic carbocycles. The van der Waals surface area contributed by atoms with E-state index in [1.165, 1.54) is 7.11 Å². The molecule has 0 radical (unpaired) electrons. The van der Waals surface area contributed by atoms with E-state index >= 15 is 0 Å². The van der Waals surface area contributed by atoms with Gasteiger partial charge in [0.2, 0.25) is 0 Å². The van der Waals surface area contributed by atoms with Crippen molar-refractivity contribution < 1.29 is 9.66 Å². The molecular weight excluding hydrogens is 196 g/mol. The van der Waals surface area contributed by atoms with Gasteiger partial charge < -0.3 is 10.1 Å². The summed E-state index contributed by atoms with van der Waals surface area (Å²) in [6.45, 7) is 1.63. The minimum atomic E-state index is -0.402. The molecule has 0 saturated carbocycles. The van der Waals surface area contributed by atoms with Gasteiger partial charge in [-0.1, -0.05) is 0 Å². The van der Waals surface area contributed by atoms with Crippen molar-refractivity contribution in [1.82, 2.24) is 5.32 Å². The molecule has 1 N–H and O–H groups in total. The lowest BCUT2D eigenvalue weighted by atomic mass is 10.00. The van der Waals surface area contributed by atoms with E-state index in [9.17, 15) is 10.1 Å². The van der Waals surface area contributed by atoms with Gasteiger partial charge >= 0.3 is 5.69 Å². The fourth-order valence-electron chi connectivity index (χ4n) is 1.80. The second-order valence-corrected chi connectivity index (χ2v) is 3.48. The lowest BCUT2D eigenvalue weighted by molar-refractivity contribution is -0.385. The molecule has 15 heavy (non-hydrogen) atoms. The summed E-state index contributed by atoms with van der Waals surface area (Å²) in [6.07, 6.45) is 0.833. The van der Waals surface area contributed by atoms with E-state index in [-0.39, 0.29) is 5.69 Å². The van der Waals surface area contributed by atoms with Crippen LogP contribution >= 0.6 is 0 Å². The average molecular weight is 208 g/mol. The van der Waals surface area contributed by atoms with E-state index in [4.69, 9.17) is 4.74 Å². The number of hydrogen-bond acceptors (Lipinski definition) is 4. The molecule has 0 saturated heterocycles. The van der Waals surface area contributed by atoms with Gasteiger partial charge in [0.05, 0.1) is 12.0 Å². The Balaban J connectivity index is 2.51. The standard InChI is InChI=1S/C10H12N2O3/c1-15-10-5-8-6-11-3-2-7(8)4-9(10)12(13)14/h4-5,11H,2-3,6H2,1H3. The van der Waals surface area contributed by atoms with Crippen LogP contribution in [0.1, 0.15) is 11.1 Å². The third-order valence-electron chi connectivity index (χ3n) is 2.58. The molecule has 0 unspecified atom stereocenters. The Morgan fingerprint density at radius 1 is 1.47 bits per heavy atom. The quantitative estimate of drug-likeness (QED) is 0.586. The number of nitro groups is 1. The highest BCUT2D eigenvalue weighted by molar-refractivity contribution is 5.52. The van der Waals surface area contributed by atoms with Crippen LogP contribution < -0.4 is 10.1 Å². The molecule has 0 atom stereocenters. The van der Waals surface area contributed by atoms with Crippen molar-refractivity contribution in [3.05, 3.63) is 33.4 Å². The van der Waals surface area contributed by atoms with E-state index in [1.54, 1.807) is 12.1 Å². The predicted molar refractivity (Wildman–Crippen MR) is 55.1 cm³/mol. The Bertz CT molecular complexity index is 404. The van der Waals surface area contributed by atoms with Crippen molar-refractivity contribution in [3.63, 3.8) is 0 Å². The first kappa shape index (κ1) is 9.92. The number of methoxy groups -OCH3 is 1. The maximum absolute atomic E-state index is 10.8. The Morgan fingerprint density at radius 2 is 2.27 bits per heavy atom. The monoisotopic (exact) mass is 208 g/mol. The number of fused-ring (bicyclic) bond motifs is 1. The van der Waals surface area contributed by atoms with Crippen molar-refractivity contribution in [2.24, 2.45) is 0 Å². The highest BCUT2D eigenvalue weighted by Gasteiger charge is 2.20. The van der Waals surface area contributed by atoms with Crippen LogP contribution in [0, 0.1) is 10.1 Å². The summed E-state index contributed by atoms with van der Waals surface area (Å²) in [7, 11) is 1.45. The topological polar surface area (TPSA) is 64.4 Å². The van der Waals surface area contributed by atoms with Gasteiger partial charge in [-0.05, 0) is 30.2 Å². The smallest absolute Gasteiger partial charge is 0.311 e. The second kappa shape index (κ2) is 3.86. The number of ether oxygens (including phenoxy) is 1. The van der Waals surface area contributed by atoms with E-state index in [0.29, 0.717) is 5.75 Å². The minimum absolute atomic E-state index is 0.0538. The average Bonchev–Trinajstić information content (AvgIpc) is 2.27. The zero-order valence-electron chi connectivity index (χ0n) is 8.45. The van der Waals surface area contributed by atoms with Crippen LogP contribution in [0.15, 0.2) is 12.1 Å². The fraction of sp³-hybridized carbons (Fsp3) is 0.400. The number of rotatable bonds is 2. The number of nitrogens with zero attached hydrogens (tertiary/aromatic N) is 1. The van der Waals surface area contributed by atoms with E-state index in [1.807, 2.05) is 0 Å². The van der Waals surface area contributed by atoms with Gasteiger partial charge in [0, 0.05) is 12.6 Å². The van der Waals surface area contributed by atoms with Crippen molar-refractivity contribution in [3.8, 4) is 5.75 Å². The number of benzene rings is 1. The summed E-state index contributed by atoms with van der Waals surface area (Å²) < 4.78 is 5.00. The molecular formula is C10H12N2O3. The zero-order valence-corrected chi connectivity index (χ0v) is 8.45. The Kier molecular flexibility index (Phi) is 2.55. The number of nitrogens with one attached hydrogen (secondary N) is 1. The van der Waals surface area contributed by atoms with Gasteiger partial charge in [-0.25, -0.2) is 0 Å². The molecule has 1 aliphatic heterocycles. The van der Waals surface area contributed by atoms with Gasteiger partial charge in [0.1, 0.15) is 0 Å². The molecule has 1 aromatic rings. The summed E-state index contributed by atoms with van der Waals surface area (Å²) in [5.74, 6) is 0.336. The van der Waals surface area contributed by atoms with E-state index in [2.05, 4.69) is 5.32 Å². The Morgan fingerprint density at radius 3 is 2.93 bits per heavy atom. The summed E-state index contributed by atoms with van der Waals surface area (Å²) in [4.78, 5) is 10.4. The molecule has 5 heteroatoms. The van der Waals surface area contributed by atoms with Crippen LogP contribution in [0.2, 0.25) is 0 Å². The molecule has 2 rings (SSSR count). The van der Waals surface area contributed by atoms with Gasteiger partial charge in [-0.3, -0.25) is 10.1 Å². The lowest BCUT2D eigenvalue weighted by Crippen LogP contribution is -2.23. The fourth-order valence-corrected chi connectivity index (χ4v) is 1.80. The van der Waals surface area contributed by atoms with E-state index < -0.39 is 4.92 Å². The Hall–Kier alpha value is -1.62. The van der Waals surface area contributed by atoms with Crippen molar-refractivity contribution in [1.29, 1.82) is 0 Å². The molecule has 0 aromatic heterocycles.